The minimum Gasteiger partial charge on any atom is -0.496 e. The van der Waals surface area contributed by atoms with Crippen LogP contribution in [-0.2, 0) is 11.3 Å². The monoisotopic (exact) mass is 288 g/mol. The van der Waals surface area contributed by atoms with Crippen molar-refractivity contribution in [3.63, 3.8) is 0 Å². The minimum absolute atomic E-state index is 0.0683. The number of amides is 1. The number of carbonyl (C=O) groups is 1. The first-order valence-electron chi connectivity index (χ1n) is 6.76. The molecule has 21 heavy (non-hydrogen) atoms. The lowest BCUT2D eigenvalue weighted by atomic mass is 10.1. The number of rotatable bonds is 6. The number of aromatic nitrogens is 2. The highest BCUT2D eigenvalue weighted by Crippen LogP contribution is 2.27. The van der Waals surface area contributed by atoms with E-state index in [0.717, 1.165) is 17.0 Å². The van der Waals surface area contributed by atoms with Gasteiger partial charge >= 0.3 is 0 Å². The lowest BCUT2D eigenvalue weighted by Gasteiger charge is -2.17. The molecule has 2 aromatic rings. The minimum atomic E-state index is -0.0811. The zero-order valence-corrected chi connectivity index (χ0v) is 12.5. The molecule has 0 saturated heterocycles. The van der Waals surface area contributed by atoms with Gasteiger partial charge in [0.2, 0.25) is 5.91 Å². The van der Waals surface area contributed by atoms with E-state index in [9.17, 15) is 4.79 Å². The molecule has 2 N–H and O–H groups in total. The molecule has 1 unspecified atom stereocenters. The van der Waals surface area contributed by atoms with Gasteiger partial charge in [-0.15, -0.1) is 0 Å². The highest BCUT2D eigenvalue weighted by atomic mass is 16.5. The average Bonchev–Trinajstić information content (AvgIpc) is 2.93. The van der Waals surface area contributed by atoms with Crippen molar-refractivity contribution in [1.29, 1.82) is 0 Å². The third-order valence-corrected chi connectivity index (χ3v) is 3.21. The first kappa shape index (κ1) is 14.9. The summed E-state index contributed by atoms with van der Waals surface area (Å²) in [4.78, 5) is 11.3. The van der Waals surface area contributed by atoms with Crippen LogP contribution in [0.2, 0.25) is 0 Å². The Balaban J connectivity index is 2.06. The zero-order valence-electron chi connectivity index (χ0n) is 12.5. The van der Waals surface area contributed by atoms with Crippen molar-refractivity contribution in [2.45, 2.75) is 19.5 Å². The summed E-state index contributed by atoms with van der Waals surface area (Å²) < 4.78 is 6.96. The van der Waals surface area contributed by atoms with E-state index >= 15 is 0 Å². The van der Waals surface area contributed by atoms with Gasteiger partial charge in [-0.1, -0.05) is 18.2 Å². The number of ether oxygens (including phenoxy) is 1. The van der Waals surface area contributed by atoms with Crippen molar-refractivity contribution >= 4 is 11.6 Å². The SMILES string of the molecule is CNC(=O)Cn1cc(NC(C)c2ccccc2OC)cn1. The van der Waals surface area contributed by atoms with Gasteiger partial charge in [-0.05, 0) is 13.0 Å². The maximum absolute atomic E-state index is 11.3. The second-order valence-corrected chi connectivity index (χ2v) is 4.71. The molecule has 1 aromatic heterocycles. The molecular formula is C15H20N4O2. The van der Waals surface area contributed by atoms with Crippen LogP contribution in [0.3, 0.4) is 0 Å². The molecule has 1 atom stereocenters. The Labute approximate surface area is 124 Å². The summed E-state index contributed by atoms with van der Waals surface area (Å²) in [6.45, 7) is 2.26. The molecule has 0 fully saturated rings. The number of methoxy groups -OCH3 is 1. The quantitative estimate of drug-likeness (QED) is 0.850. The number of nitrogens with one attached hydrogen (secondary N) is 2. The van der Waals surface area contributed by atoms with E-state index in [1.54, 1.807) is 31.2 Å². The van der Waals surface area contributed by atoms with Gasteiger partial charge in [0.15, 0.2) is 0 Å². The van der Waals surface area contributed by atoms with Gasteiger partial charge in [-0.3, -0.25) is 9.48 Å². The molecule has 0 aliphatic carbocycles. The van der Waals surface area contributed by atoms with Crippen LogP contribution in [0.25, 0.3) is 0 Å². The van der Waals surface area contributed by atoms with E-state index in [-0.39, 0.29) is 18.5 Å². The Morgan fingerprint density at radius 2 is 2.19 bits per heavy atom. The maximum Gasteiger partial charge on any atom is 0.241 e. The highest BCUT2D eigenvalue weighted by molar-refractivity contribution is 5.75. The molecule has 1 heterocycles. The second-order valence-electron chi connectivity index (χ2n) is 4.71. The molecule has 1 amide bonds. The topological polar surface area (TPSA) is 68.2 Å². The predicted molar refractivity (Wildman–Crippen MR) is 81.3 cm³/mol. The standard InChI is InChI=1S/C15H20N4O2/c1-11(13-6-4-5-7-14(13)21-3)18-12-8-17-19(9-12)10-15(20)16-2/h4-9,11,18H,10H2,1-3H3,(H,16,20). The molecule has 112 valence electrons. The molecule has 0 aliphatic rings. The zero-order chi connectivity index (χ0) is 15.2. The molecule has 0 radical (unpaired) electrons. The highest BCUT2D eigenvalue weighted by Gasteiger charge is 2.11. The first-order valence-corrected chi connectivity index (χ1v) is 6.76. The van der Waals surface area contributed by atoms with Gasteiger partial charge < -0.3 is 15.4 Å². The smallest absolute Gasteiger partial charge is 0.241 e. The number of hydrogen-bond acceptors (Lipinski definition) is 4. The third-order valence-electron chi connectivity index (χ3n) is 3.21. The van der Waals surface area contributed by atoms with E-state index in [0.29, 0.717) is 0 Å². The molecule has 6 nitrogen and oxygen atoms in total. The summed E-state index contributed by atoms with van der Waals surface area (Å²) in [7, 11) is 3.27. The number of benzene rings is 1. The lowest BCUT2D eigenvalue weighted by Crippen LogP contribution is -2.23. The number of likely N-dealkylation sites (N-methyl/N-ethyl adjacent to an activating group) is 1. The molecule has 0 saturated carbocycles. The summed E-state index contributed by atoms with van der Waals surface area (Å²) in [6.07, 6.45) is 3.51. The first-order chi connectivity index (χ1) is 10.1. The molecule has 0 spiro atoms. The Kier molecular flexibility index (Phi) is 4.81. The average molecular weight is 288 g/mol. The summed E-state index contributed by atoms with van der Waals surface area (Å²) in [5, 5.41) is 10.1. The van der Waals surface area contributed by atoms with Gasteiger partial charge in [-0.25, -0.2) is 0 Å². The predicted octanol–water partition coefficient (Wildman–Crippen LogP) is 1.81. The van der Waals surface area contributed by atoms with Crippen LogP contribution in [0.5, 0.6) is 5.75 Å². The van der Waals surface area contributed by atoms with Gasteiger partial charge in [-0.2, -0.15) is 5.10 Å². The lowest BCUT2D eigenvalue weighted by molar-refractivity contribution is -0.121. The third kappa shape index (κ3) is 3.75. The van der Waals surface area contributed by atoms with E-state index in [4.69, 9.17) is 4.74 Å². The summed E-state index contributed by atoms with van der Waals surface area (Å²) in [5.74, 6) is 0.762. The fraction of sp³-hybridized carbons (Fsp3) is 0.333. The molecule has 0 bridgehead atoms. The molecule has 1 aromatic carbocycles. The van der Waals surface area contributed by atoms with E-state index in [2.05, 4.69) is 15.7 Å². The van der Waals surface area contributed by atoms with Crippen LogP contribution in [0.1, 0.15) is 18.5 Å². The van der Waals surface area contributed by atoms with Crippen molar-refractivity contribution in [3.8, 4) is 5.75 Å². The Morgan fingerprint density at radius 3 is 2.90 bits per heavy atom. The maximum atomic E-state index is 11.3. The number of para-hydroxylation sites is 1. The van der Waals surface area contributed by atoms with Crippen LogP contribution in [0, 0.1) is 0 Å². The van der Waals surface area contributed by atoms with E-state index < -0.39 is 0 Å². The Morgan fingerprint density at radius 1 is 1.43 bits per heavy atom. The van der Waals surface area contributed by atoms with E-state index in [1.165, 1.54) is 0 Å². The van der Waals surface area contributed by atoms with Crippen molar-refractivity contribution in [2.24, 2.45) is 0 Å². The van der Waals surface area contributed by atoms with Crippen molar-refractivity contribution in [3.05, 3.63) is 42.2 Å². The second kappa shape index (κ2) is 6.78. The number of carbonyl (C=O) groups excluding carboxylic acids is 1. The summed E-state index contributed by atoms with van der Waals surface area (Å²) >= 11 is 0. The number of nitrogens with zero attached hydrogens (tertiary/aromatic N) is 2. The Hall–Kier alpha value is -2.50. The number of anilines is 1. The molecular weight excluding hydrogens is 268 g/mol. The largest absolute Gasteiger partial charge is 0.496 e. The van der Waals surface area contributed by atoms with Crippen LogP contribution in [-0.4, -0.2) is 29.8 Å². The molecule has 6 heteroatoms. The molecule has 0 aliphatic heterocycles. The van der Waals surface area contributed by atoms with Gasteiger partial charge in [0, 0.05) is 18.8 Å². The fourth-order valence-corrected chi connectivity index (χ4v) is 2.10. The normalized spacial score (nSPS) is 11.8. The van der Waals surface area contributed by atoms with Crippen LogP contribution < -0.4 is 15.4 Å². The van der Waals surface area contributed by atoms with Crippen molar-refractivity contribution < 1.29 is 9.53 Å². The summed E-state index contributed by atoms with van der Waals surface area (Å²) in [5.41, 5.74) is 1.93. The van der Waals surface area contributed by atoms with Gasteiger partial charge in [0.1, 0.15) is 12.3 Å². The van der Waals surface area contributed by atoms with Crippen LogP contribution >= 0.6 is 0 Å². The Bertz CT molecular complexity index is 609. The fourth-order valence-electron chi connectivity index (χ4n) is 2.10. The van der Waals surface area contributed by atoms with Crippen LogP contribution in [0.4, 0.5) is 5.69 Å². The van der Waals surface area contributed by atoms with Gasteiger partial charge in [0.25, 0.3) is 0 Å². The summed E-state index contributed by atoms with van der Waals surface area (Å²) in [6, 6.07) is 7.94. The van der Waals surface area contributed by atoms with Gasteiger partial charge in [0.05, 0.1) is 25.0 Å². The van der Waals surface area contributed by atoms with Crippen molar-refractivity contribution in [1.82, 2.24) is 15.1 Å². The van der Waals surface area contributed by atoms with Crippen molar-refractivity contribution in [2.75, 3.05) is 19.5 Å². The molecule has 2 rings (SSSR count). The van der Waals surface area contributed by atoms with Crippen LogP contribution in [0.15, 0.2) is 36.7 Å². The van der Waals surface area contributed by atoms with E-state index in [1.807, 2.05) is 31.2 Å². The number of hydrogen-bond donors (Lipinski definition) is 2.